The fourth-order valence-corrected chi connectivity index (χ4v) is 4.15. The molecule has 1 aromatic heterocycles. The maximum Gasteiger partial charge on any atom is 0.311 e. The van der Waals surface area contributed by atoms with Gasteiger partial charge in [0.2, 0.25) is 10.0 Å². The average Bonchev–Trinajstić information content (AvgIpc) is 2.44. The van der Waals surface area contributed by atoms with Gasteiger partial charge in [-0.05, 0) is 12.1 Å². The lowest BCUT2D eigenvalue weighted by Crippen LogP contribution is -2.53. The van der Waals surface area contributed by atoms with Crippen molar-refractivity contribution in [3.05, 3.63) is 36.7 Å². The first kappa shape index (κ1) is 14.0. The molecular formula is C14H14N2O4S. The van der Waals surface area contributed by atoms with Crippen LogP contribution in [0, 0.1) is 5.92 Å². The van der Waals surface area contributed by atoms with Crippen LogP contribution in [0.4, 0.5) is 0 Å². The molecule has 21 heavy (non-hydrogen) atoms. The number of nitrogens with zero attached hydrogens (tertiary/aromatic N) is 2. The summed E-state index contributed by atoms with van der Waals surface area (Å²) in [6, 6.07) is 6.76. The van der Waals surface area contributed by atoms with Crippen LogP contribution in [0.15, 0.2) is 41.6 Å². The number of carbonyl (C=O) groups excluding carboxylic acids is 1. The zero-order valence-corrected chi connectivity index (χ0v) is 12.2. The first-order valence-electron chi connectivity index (χ1n) is 6.45. The molecule has 0 aliphatic carbocycles. The van der Waals surface area contributed by atoms with E-state index in [1.165, 1.54) is 11.4 Å². The summed E-state index contributed by atoms with van der Waals surface area (Å²) in [6.45, 7) is 0.326. The average molecular weight is 306 g/mol. The van der Waals surface area contributed by atoms with E-state index in [0.29, 0.717) is 5.39 Å². The van der Waals surface area contributed by atoms with Crippen molar-refractivity contribution >= 4 is 26.8 Å². The minimum Gasteiger partial charge on any atom is -0.469 e. The van der Waals surface area contributed by atoms with Gasteiger partial charge in [0.05, 0.1) is 17.9 Å². The Kier molecular flexibility index (Phi) is 3.38. The molecule has 1 fully saturated rings. The Morgan fingerprint density at radius 3 is 2.81 bits per heavy atom. The van der Waals surface area contributed by atoms with E-state index in [4.69, 9.17) is 0 Å². The highest BCUT2D eigenvalue weighted by Crippen LogP contribution is 2.30. The second-order valence-electron chi connectivity index (χ2n) is 4.90. The predicted octanol–water partition coefficient (Wildman–Crippen LogP) is 1.03. The fourth-order valence-electron chi connectivity index (χ4n) is 2.41. The van der Waals surface area contributed by atoms with Crippen LogP contribution >= 0.6 is 0 Å². The molecule has 0 bridgehead atoms. The molecule has 2 aromatic rings. The highest BCUT2D eigenvalue weighted by atomic mass is 32.2. The molecule has 0 radical (unpaired) electrons. The van der Waals surface area contributed by atoms with E-state index in [1.807, 2.05) is 6.07 Å². The quantitative estimate of drug-likeness (QED) is 0.792. The zero-order valence-electron chi connectivity index (χ0n) is 11.4. The summed E-state index contributed by atoms with van der Waals surface area (Å²) in [4.78, 5) is 15.6. The number of methoxy groups -OCH3 is 1. The lowest BCUT2D eigenvalue weighted by Gasteiger charge is -2.36. The van der Waals surface area contributed by atoms with Gasteiger partial charge in [-0.1, -0.05) is 12.1 Å². The van der Waals surface area contributed by atoms with Crippen molar-refractivity contribution in [2.75, 3.05) is 20.2 Å². The predicted molar refractivity (Wildman–Crippen MR) is 76.0 cm³/mol. The highest BCUT2D eigenvalue weighted by Gasteiger charge is 2.41. The normalized spacial score (nSPS) is 16.6. The number of aromatic nitrogens is 1. The summed E-state index contributed by atoms with van der Waals surface area (Å²) in [5.41, 5.74) is 0. The topological polar surface area (TPSA) is 76.6 Å². The number of hydrogen-bond acceptors (Lipinski definition) is 5. The van der Waals surface area contributed by atoms with Crippen molar-refractivity contribution in [1.82, 2.24) is 9.29 Å². The fraction of sp³-hybridized carbons (Fsp3) is 0.286. The Bertz CT molecular complexity index is 792. The summed E-state index contributed by atoms with van der Waals surface area (Å²) in [5.74, 6) is -0.745. The van der Waals surface area contributed by atoms with E-state index >= 15 is 0 Å². The van der Waals surface area contributed by atoms with E-state index in [9.17, 15) is 13.2 Å². The Morgan fingerprint density at radius 1 is 1.33 bits per heavy atom. The van der Waals surface area contributed by atoms with Crippen molar-refractivity contribution in [1.29, 1.82) is 0 Å². The van der Waals surface area contributed by atoms with Gasteiger partial charge in [-0.25, -0.2) is 8.42 Å². The molecule has 1 saturated heterocycles. The number of hydrogen-bond donors (Lipinski definition) is 0. The van der Waals surface area contributed by atoms with Gasteiger partial charge in [0.1, 0.15) is 0 Å². The van der Waals surface area contributed by atoms with Gasteiger partial charge in [-0.3, -0.25) is 9.78 Å². The van der Waals surface area contributed by atoms with Crippen molar-refractivity contribution in [3.63, 3.8) is 0 Å². The Balaban J connectivity index is 1.94. The van der Waals surface area contributed by atoms with Crippen LogP contribution in [0.5, 0.6) is 0 Å². The summed E-state index contributed by atoms with van der Waals surface area (Å²) >= 11 is 0. The Labute approximate surface area is 122 Å². The maximum atomic E-state index is 12.6. The molecule has 0 unspecified atom stereocenters. The van der Waals surface area contributed by atoms with Gasteiger partial charge >= 0.3 is 5.97 Å². The Morgan fingerprint density at radius 2 is 2.10 bits per heavy atom. The van der Waals surface area contributed by atoms with Crippen molar-refractivity contribution in [3.8, 4) is 0 Å². The monoisotopic (exact) mass is 306 g/mol. The van der Waals surface area contributed by atoms with E-state index in [2.05, 4.69) is 9.72 Å². The van der Waals surface area contributed by atoms with Crippen LogP contribution in [0.1, 0.15) is 0 Å². The molecular weight excluding hydrogens is 292 g/mol. The Hall–Kier alpha value is -1.99. The van der Waals surface area contributed by atoms with E-state index < -0.39 is 10.0 Å². The molecule has 1 aliphatic heterocycles. The van der Waals surface area contributed by atoms with Crippen molar-refractivity contribution in [2.24, 2.45) is 5.92 Å². The molecule has 110 valence electrons. The summed E-state index contributed by atoms with van der Waals surface area (Å²) in [6.07, 6.45) is 3.19. The standard InChI is InChI=1S/C14H14N2O4S/c1-20-14(17)11-8-16(9-11)21(18,19)13-4-2-3-10-7-15-6-5-12(10)13/h2-7,11H,8-9H2,1H3. The van der Waals surface area contributed by atoms with Crippen LogP contribution < -0.4 is 0 Å². The highest BCUT2D eigenvalue weighted by molar-refractivity contribution is 7.89. The summed E-state index contributed by atoms with van der Waals surface area (Å²) < 4.78 is 31.2. The number of rotatable bonds is 3. The molecule has 0 spiro atoms. The third-order valence-electron chi connectivity index (χ3n) is 3.64. The molecule has 1 aromatic carbocycles. The van der Waals surface area contributed by atoms with Crippen molar-refractivity contribution < 1.29 is 17.9 Å². The minimum atomic E-state index is -3.61. The van der Waals surface area contributed by atoms with Gasteiger partial charge in [0, 0.05) is 36.3 Å². The maximum absolute atomic E-state index is 12.6. The van der Waals surface area contributed by atoms with E-state index in [0.717, 1.165) is 5.39 Å². The molecule has 0 amide bonds. The van der Waals surface area contributed by atoms with Crippen LogP contribution in [0.2, 0.25) is 0 Å². The third-order valence-corrected chi connectivity index (χ3v) is 5.53. The number of benzene rings is 1. The van der Waals surface area contributed by atoms with Crippen LogP contribution in [-0.4, -0.2) is 43.9 Å². The SMILES string of the molecule is COC(=O)C1CN(S(=O)(=O)c2cccc3cnccc23)C1. The summed E-state index contributed by atoms with van der Waals surface area (Å²) in [5, 5.41) is 1.40. The number of ether oxygens (including phenoxy) is 1. The van der Waals surface area contributed by atoms with Gasteiger partial charge < -0.3 is 4.74 Å². The minimum absolute atomic E-state index is 0.163. The molecule has 0 N–H and O–H groups in total. The lowest BCUT2D eigenvalue weighted by atomic mass is 10.0. The second-order valence-corrected chi connectivity index (χ2v) is 6.80. The lowest BCUT2D eigenvalue weighted by molar-refractivity contribution is -0.149. The smallest absolute Gasteiger partial charge is 0.311 e. The molecule has 7 heteroatoms. The van der Waals surface area contributed by atoms with Crippen LogP contribution in [0.25, 0.3) is 10.8 Å². The van der Waals surface area contributed by atoms with Gasteiger partial charge in [-0.15, -0.1) is 0 Å². The van der Waals surface area contributed by atoms with Crippen molar-refractivity contribution in [2.45, 2.75) is 4.90 Å². The molecule has 0 atom stereocenters. The second kappa shape index (κ2) is 5.09. The van der Waals surface area contributed by atoms with E-state index in [-0.39, 0.29) is 29.9 Å². The molecule has 1 aliphatic rings. The molecule has 3 rings (SSSR count). The first-order valence-corrected chi connectivity index (χ1v) is 7.89. The number of fused-ring (bicyclic) bond motifs is 1. The van der Waals surface area contributed by atoms with Gasteiger partial charge in [0.15, 0.2) is 0 Å². The molecule has 0 saturated carbocycles. The third kappa shape index (κ3) is 2.28. The first-order chi connectivity index (χ1) is 10.0. The van der Waals surface area contributed by atoms with Crippen LogP contribution in [0.3, 0.4) is 0 Å². The van der Waals surface area contributed by atoms with Gasteiger partial charge in [0.25, 0.3) is 0 Å². The summed E-state index contributed by atoms with van der Waals surface area (Å²) in [7, 11) is -2.30. The molecule has 6 nitrogen and oxygen atoms in total. The van der Waals surface area contributed by atoms with E-state index in [1.54, 1.807) is 30.6 Å². The number of sulfonamides is 1. The number of carbonyl (C=O) groups is 1. The van der Waals surface area contributed by atoms with Gasteiger partial charge in [-0.2, -0.15) is 4.31 Å². The number of pyridine rings is 1. The molecule has 2 heterocycles. The largest absolute Gasteiger partial charge is 0.469 e. The van der Waals surface area contributed by atoms with Crippen LogP contribution in [-0.2, 0) is 19.6 Å². The number of esters is 1. The zero-order chi connectivity index (χ0) is 15.0.